The number of nitrogens with zero attached hydrogens (tertiary/aromatic N) is 4. The summed E-state index contributed by atoms with van der Waals surface area (Å²) in [5.41, 5.74) is 1.22. The molecule has 31 heavy (non-hydrogen) atoms. The van der Waals surface area contributed by atoms with Gasteiger partial charge in [0.05, 0.1) is 12.7 Å². The fourth-order valence-electron chi connectivity index (χ4n) is 4.18. The van der Waals surface area contributed by atoms with Gasteiger partial charge in [-0.1, -0.05) is 18.2 Å². The van der Waals surface area contributed by atoms with E-state index in [-0.39, 0.29) is 6.10 Å². The lowest BCUT2D eigenvalue weighted by atomic mass is 10.2. The number of guanidine groups is 1. The molecular weight excluding hydrogens is 406 g/mol. The van der Waals surface area contributed by atoms with Crippen LogP contribution in [0.3, 0.4) is 0 Å². The van der Waals surface area contributed by atoms with E-state index < -0.39 is 0 Å². The molecule has 2 saturated heterocycles. The Labute approximate surface area is 190 Å². The Kier molecular flexibility index (Phi) is 7.70. The van der Waals surface area contributed by atoms with E-state index in [2.05, 4.69) is 74.5 Å². The van der Waals surface area contributed by atoms with E-state index in [0.717, 1.165) is 56.9 Å². The van der Waals surface area contributed by atoms with Gasteiger partial charge in [-0.15, -0.1) is 11.8 Å². The standard InChI is InChI=1S/C24H33N5OS/c1-19-16-28(12-13-30-19)23-14-20(8-10-26-23)15-27-24(25-2)29-11-9-21(17-29)18-31-22-6-4-3-5-7-22/h3-8,10,14,19,21H,9,11-13,15-18H2,1-2H3,(H,25,27). The number of pyridine rings is 1. The summed E-state index contributed by atoms with van der Waals surface area (Å²) in [5, 5.41) is 3.56. The third kappa shape index (κ3) is 6.14. The second kappa shape index (κ2) is 10.9. The smallest absolute Gasteiger partial charge is 0.193 e. The van der Waals surface area contributed by atoms with Gasteiger partial charge >= 0.3 is 0 Å². The largest absolute Gasteiger partial charge is 0.375 e. The minimum absolute atomic E-state index is 0.249. The minimum atomic E-state index is 0.249. The van der Waals surface area contributed by atoms with Crippen LogP contribution in [0.1, 0.15) is 18.9 Å². The number of hydrogen-bond donors (Lipinski definition) is 1. The van der Waals surface area contributed by atoms with Gasteiger partial charge in [0, 0.05) is 56.6 Å². The van der Waals surface area contributed by atoms with Crippen LogP contribution in [-0.4, -0.2) is 67.5 Å². The summed E-state index contributed by atoms with van der Waals surface area (Å²) in [6.45, 7) is 7.54. The minimum Gasteiger partial charge on any atom is -0.375 e. The zero-order valence-corrected chi connectivity index (χ0v) is 19.4. The molecule has 0 aliphatic carbocycles. The lowest BCUT2D eigenvalue weighted by molar-refractivity contribution is 0.0529. The first-order chi connectivity index (χ1) is 15.2. The fourth-order valence-corrected chi connectivity index (χ4v) is 5.23. The van der Waals surface area contributed by atoms with Crippen LogP contribution in [0, 0.1) is 5.92 Å². The maximum absolute atomic E-state index is 5.66. The summed E-state index contributed by atoms with van der Waals surface area (Å²) >= 11 is 1.96. The molecule has 1 N–H and O–H groups in total. The molecule has 0 radical (unpaired) electrons. The van der Waals surface area contributed by atoms with Gasteiger partial charge in [-0.3, -0.25) is 4.99 Å². The van der Waals surface area contributed by atoms with Crippen molar-refractivity contribution in [2.45, 2.75) is 30.9 Å². The number of likely N-dealkylation sites (tertiary alicyclic amines) is 1. The van der Waals surface area contributed by atoms with E-state index in [9.17, 15) is 0 Å². The summed E-state index contributed by atoms with van der Waals surface area (Å²) in [6.07, 6.45) is 3.37. The highest BCUT2D eigenvalue weighted by molar-refractivity contribution is 7.99. The molecule has 2 fully saturated rings. The summed E-state index contributed by atoms with van der Waals surface area (Å²) in [4.78, 5) is 15.2. The molecule has 1 aromatic carbocycles. The highest BCUT2D eigenvalue weighted by Crippen LogP contribution is 2.26. The van der Waals surface area contributed by atoms with Crippen LogP contribution >= 0.6 is 11.8 Å². The molecule has 0 spiro atoms. The molecule has 2 aromatic rings. The number of morpholine rings is 1. The number of benzene rings is 1. The quantitative estimate of drug-likeness (QED) is 0.422. The number of hydrogen-bond acceptors (Lipinski definition) is 5. The predicted octanol–water partition coefficient (Wildman–Crippen LogP) is 3.50. The third-order valence-electron chi connectivity index (χ3n) is 5.85. The molecule has 0 bridgehead atoms. The van der Waals surface area contributed by atoms with E-state index >= 15 is 0 Å². The van der Waals surface area contributed by atoms with E-state index in [1.807, 2.05) is 25.0 Å². The van der Waals surface area contributed by atoms with E-state index in [4.69, 9.17) is 4.74 Å². The summed E-state index contributed by atoms with van der Waals surface area (Å²) in [6, 6.07) is 14.9. The molecule has 2 aliphatic rings. The first-order valence-corrected chi connectivity index (χ1v) is 12.1. The molecule has 0 amide bonds. The van der Waals surface area contributed by atoms with Crippen LogP contribution in [-0.2, 0) is 11.3 Å². The molecule has 2 atom stereocenters. The zero-order chi connectivity index (χ0) is 21.5. The molecule has 6 nitrogen and oxygen atoms in total. The molecule has 2 aliphatic heterocycles. The van der Waals surface area contributed by atoms with Crippen molar-refractivity contribution in [1.29, 1.82) is 0 Å². The Morgan fingerprint density at radius 2 is 2.10 bits per heavy atom. The van der Waals surface area contributed by atoms with Gasteiger partial charge in [0.25, 0.3) is 0 Å². The van der Waals surface area contributed by atoms with Crippen LogP contribution in [0.2, 0.25) is 0 Å². The van der Waals surface area contributed by atoms with Gasteiger partial charge in [0.15, 0.2) is 5.96 Å². The Morgan fingerprint density at radius 1 is 1.23 bits per heavy atom. The number of ether oxygens (including phenoxy) is 1. The second-order valence-corrected chi connectivity index (χ2v) is 9.37. The maximum atomic E-state index is 5.66. The highest BCUT2D eigenvalue weighted by atomic mass is 32.2. The molecule has 4 rings (SSSR count). The lowest BCUT2D eigenvalue weighted by Crippen LogP contribution is -2.41. The van der Waals surface area contributed by atoms with E-state index in [1.54, 1.807) is 0 Å². The van der Waals surface area contributed by atoms with Crippen molar-refractivity contribution in [3.63, 3.8) is 0 Å². The van der Waals surface area contributed by atoms with Gasteiger partial charge in [0.2, 0.25) is 0 Å². The van der Waals surface area contributed by atoms with Crippen LogP contribution in [0.5, 0.6) is 0 Å². The van der Waals surface area contributed by atoms with Crippen molar-refractivity contribution >= 4 is 23.5 Å². The number of aromatic nitrogens is 1. The highest BCUT2D eigenvalue weighted by Gasteiger charge is 2.25. The van der Waals surface area contributed by atoms with Crippen molar-refractivity contribution in [1.82, 2.24) is 15.2 Å². The summed E-state index contributed by atoms with van der Waals surface area (Å²) < 4.78 is 5.66. The number of rotatable bonds is 6. The van der Waals surface area contributed by atoms with Gasteiger partial charge in [-0.05, 0) is 49.1 Å². The molecule has 7 heteroatoms. The maximum Gasteiger partial charge on any atom is 0.193 e. The Balaban J connectivity index is 1.27. The van der Waals surface area contributed by atoms with Crippen LogP contribution in [0.15, 0.2) is 58.5 Å². The predicted molar refractivity (Wildman–Crippen MR) is 129 cm³/mol. The van der Waals surface area contributed by atoms with Crippen LogP contribution < -0.4 is 10.2 Å². The summed E-state index contributed by atoms with van der Waals surface area (Å²) in [5.74, 6) is 3.87. The number of nitrogens with one attached hydrogen (secondary N) is 1. The van der Waals surface area contributed by atoms with Crippen molar-refractivity contribution in [3.05, 3.63) is 54.2 Å². The molecule has 0 saturated carbocycles. The summed E-state index contributed by atoms with van der Waals surface area (Å²) in [7, 11) is 1.88. The monoisotopic (exact) mass is 439 g/mol. The first-order valence-electron chi connectivity index (χ1n) is 11.2. The van der Waals surface area contributed by atoms with E-state index in [0.29, 0.717) is 5.92 Å². The van der Waals surface area contributed by atoms with Gasteiger partial charge in [-0.25, -0.2) is 4.98 Å². The fraction of sp³-hybridized carbons (Fsp3) is 0.500. The topological polar surface area (TPSA) is 53.0 Å². The average Bonchev–Trinajstić information content (AvgIpc) is 3.28. The molecular formula is C24H33N5OS. The van der Waals surface area contributed by atoms with Crippen LogP contribution in [0.25, 0.3) is 0 Å². The SMILES string of the molecule is CN=C(NCc1ccnc(N2CCOC(C)C2)c1)N1CCC(CSc2ccccc2)C1. The molecule has 166 valence electrons. The van der Waals surface area contributed by atoms with Crippen molar-refractivity contribution < 1.29 is 4.74 Å². The lowest BCUT2D eigenvalue weighted by Gasteiger charge is -2.32. The second-order valence-electron chi connectivity index (χ2n) is 8.28. The van der Waals surface area contributed by atoms with Gasteiger partial charge < -0.3 is 19.9 Å². The zero-order valence-electron chi connectivity index (χ0n) is 18.5. The Bertz CT molecular complexity index is 862. The first kappa shape index (κ1) is 22.0. The molecule has 1 aromatic heterocycles. The molecule has 2 unspecified atom stereocenters. The Morgan fingerprint density at radius 3 is 2.90 bits per heavy atom. The Hall–Kier alpha value is -2.25. The normalized spacial score (nSPS) is 22.1. The number of aliphatic imine (C=N–C) groups is 1. The average molecular weight is 440 g/mol. The van der Waals surface area contributed by atoms with Crippen molar-refractivity contribution in [2.24, 2.45) is 10.9 Å². The van der Waals surface area contributed by atoms with Gasteiger partial charge in [-0.2, -0.15) is 0 Å². The van der Waals surface area contributed by atoms with Gasteiger partial charge in [0.1, 0.15) is 5.82 Å². The van der Waals surface area contributed by atoms with E-state index in [1.165, 1.54) is 16.9 Å². The molecule has 3 heterocycles. The number of thioether (sulfide) groups is 1. The number of anilines is 1. The van der Waals surface area contributed by atoms with Crippen LogP contribution in [0.4, 0.5) is 5.82 Å². The van der Waals surface area contributed by atoms with Crippen molar-refractivity contribution in [3.8, 4) is 0 Å². The van der Waals surface area contributed by atoms with Crippen molar-refractivity contribution in [2.75, 3.05) is 50.5 Å². The third-order valence-corrected chi connectivity index (χ3v) is 7.10.